The molecule has 5 N–H and O–H groups in total. The van der Waals surface area contributed by atoms with Gasteiger partial charge in [-0.3, -0.25) is 4.79 Å². The van der Waals surface area contributed by atoms with Crippen molar-refractivity contribution in [2.75, 3.05) is 25.4 Å². The lowest BCUT2D eigenvalue weighted by atomic mass is 9.90. The predicted octanol–water partition coefficient (Wildman–Crippen LogP) is 9.07. The van der Waals surface area contributed by atoms with Gasteiger partial charge in [-0.25, -0.2) is 9.97 Å². The van der Waals surface area contributed by atoms with E-state index in [-0.39, 0.29) is 12.5 Å². The van der Waals surface area contributed by atoms with E-state index in [2.05, 4.69) is 62.8 Å². The smallest absolute Gasteiger partial charge is 0.484 e. The van der Waals surface area contributed by atoms with Crippen LogP contribution in [0.4, 0.5) is 14.4 Å². The third-order valence-corrected chi connectivity index (χ3v) is 13.0. The highest BCUT2D eigenvalue weighted by Crippen LogP contribution is 2.38. The lowest BCUT2D eigenvalue weighted by Gasteiger charge is -2.30. The minimum Gasteiger partial charge on any atom is -0.484 e. The van der Waals surface area contributed by atoms with E-state index in [4.69, 9.17) is 27.7 Å². The molecule has 65 heavy (non-hydrogen) atoms. The zero-order chi connectivity index (χ0) is 44.9. The first kappa shape index (κ1) is 43.6. The zero-order valence-corrected chi connectivity index (χ0v) is 37.7. The normalized spacial score (nSPS) is 13.8. The molecule has 0 aliphatic carbocycles. The number of pyridine rings is 1. The van der Waals surface area contributed by atoms with Gasteiger partial charge in [-0.15, -0.1) is 11.3 Å². The number of hydrogen-bond acceptors (Lipinski definition) is 7. The molecular formula is C49H50BF2N9O2S2. The number of benzene rings is 3. The van der Waals surface area contributed by atoms with Crippen LogP contribution in [0.1, 0.15) is 67.2 Å². The maximum atomic E-state index is 16.3. The summed E-state index contributed by atoms with van der Waals surface area (Å²) in [5.74, 6) is 1.74. The molecule has 2 aliphatic heterocycles. The molecule has 0 atom stereocenters. The number of unbranched alkanes of at least 4 members (excludes halogenated alkanes) is 3. The average Bonchev–Trinajstić information content (AvgIpc) is 4.15. The maximum Gasteiger partial charge on any atom is 0.737 e. The molecule has 0 unspecified atom stereocenters. The van der Waals surface area contributed by atoms with Crippen molar-refractivity contribution >= 4 is 81.1 Å². The number of halogens is 2. The van der Waals surface area contributed by atoms with Crippen molar-refractivity contribution < 1.29 is 22.6 Å². The molecule has 0 fully saturated rings. The number of amides is 1. The number of thiophene rings is 1. The summed E-state index contributed by atoms with van der Waals surface area (Å²) < 4.78 is 42.8. The molecule has 6 heterocycles. The Morgan fingerprint density at radius 3 is 2.45 bits per heavy atom. The number of nitrogens with two attached hydrogens (primary N) is 1. The number of thiocarbonyl (C=S) groups is 1. The van der Waals surface area contributed by atoms with Crippen molar-refractivity contribution in [1.29, 1.82) is 0 Å². The van der Waals surface area contributed by atoms with Gasteiger partial charge in [0, 0.05) is 78.0 Å². The van der Waals surface area contributed by atoms with E-state index in [1.807, 2.05) is 35.7 Å². The number of para-hydroxylation sites is 1. The van der Waals surface area contributed by atoms with Crippen molar-refractivity contribution in [2.45, 2.75) is 58.5 Å². The van der Waals surface area contributed by atoms with Gasteiger partial charge in [-0.2, -0.15) is 0 Å². The van der Waals surface area contributed by atoms with E-state index < -0.39 is 6.97 Å². The van der Waals surface area contributed by atoms with E-state index in [9.17, 15) is 4.79 Å². The van der Waals surface area contributed by atoms with Crippen LogP contribution in [0.15, 0.2) is 120 Å². The molecule has 1 amide bonds. The van der Waals surface area contributed by atoms with Crippen LogP contribution in [0.5, 0.6) is 5.75 Å². The molecule has 9 rings (SSSR count). The van der Waals surface area contributed by atoms with Gasteiger partial charge in [0.1, 0.15) is 17.1 Å². The van der Waals surface area contributed by atoms with Crippen LogP contribution in [-0.2, 0) is 24.3 Å². The van der Waals surface area contributed by atoms with Gasteiger partial charge in [0.15, 0.2) is 28.9 Å². The summed E-state index contributed by atoms with van der Waals surface area (Å²) in [5, 5.41) is 13.0. The summed E-state index contributed by atoms with van der Waals surface area (Å²) in [4.78, 5) is 22.9. The van der Waals surface area contributed by atoms with Crippen molar-refractivity contribution in [1.82, 2.24) is 35.0 Å². The van der Waals surface area contributed by atoms with Crippen LogP contribution in [-0.4, -0.2) is 66.9 Å². The Bertz CT molecular complexity index is 2960. The Labute approximate surface area is 385 Å². The predicted molar refractivity (Wildman–Crippen MR) is 262 cm³/mol. The molecule has 16 heteroatoms. The number of carbonyl (C=O) groups excluding carboxylic acids is 1. The Balaban J connectivity index is 0.678. The highest BCUT2D eigenvalue weighted by atomic mass is 32.1. The first-order chi connectivity index (χ1) is 31.7. The van der Waals surface area contributed by atoms with Crippen molar-refractivity contribution in [3.8, 4) is 16.3 Å². The first-order valence-corrected chi connectivity index (χ1v) is 23.4. The minimum absolute atomic E-state index is 0.144. The Morgan fingerprint density at radius 1 is 0.877 bits per heavy atom. The number of anilines is 1. The average molecular weight is 910 g/mol. The molecule has 0 bridgehead atoms. The fourth-order valence-electron chi connectivity index (χ4n) is 8.55. The highest BCUT2D eigenvalue weighted by Gasteiger charge is 2.52. The van der Waals surface area contributed by atoms with Crippen LogP contribution in [0.2, 0.25) is 0 Å². The third kappa shape index (κ3) is 9.32. The fourth-order valence-corrected chi connectivity index (χ4v) is 9.48. The molecule has 4 aromatic heterocycles. The Hall–Kier alpha value is -6.65. The topological polar surface area (TPSA) is 127 Å². The number of imidazole rings is 1. The largest absolute Gasteiger partial charge is 0.737 e. The Morgan fingerprint density at radius 2 is 1.66 bits per heavy atom. The number of ether oxygens (including phenoxy) is 1. The van der Waals surface area contributed by atoms with E-state index in [1.165, 1.54) is 16.9 Å². The number of nitrogen functional groups attached to an aromatic ring is 1. The molecule has 332 valence electrons. The van der Waals surface area contributed by atoms with Crippen LogP contribution in [0.25, 0.3) is 38.6 Å². The number of aromatic nitrogens is 4. The number of fused-ring (bicyclic) bond motifs is 5. The van der Waals surface area contributed by atoms with Crippen LogP contribution < -0.4 is 26.4 Å². The third-order valence-electron chi connectivity index (χ3n) is 11.8. The number of allylic oxidation sites excluding steroid dienone is 2. The van der Waals surface area contributed by atoms with E-state index >= 15 is 8.63 Å². The molecule has 0 saturated carbocycles. The van der Waals surface area contributed by atoms with Gasteiger partial charge in [-0.1, -0.05) is 61.9 Å². The standard InChI is InChI=1S/C49H50BF2N9O2S2/c1-2-3-13-44-58-46-47(39-10-5-6-11-40(39)57-48(46)53)59(44)31-34-16-14-33(15-17-34)30-56-49(64)55-27-8-4-7-26-54-45(62)32-63-38-22-18-35(19-23-38)41-24-20-36-29-37-21-25-42(43-12-9-28-65-43)61(37)50(51,52)60(36)41/h5-6,9-12,14-25,28-29H,2-4,7-8,13,26-27,30-32H2,1H3,(H2,53,57)(H,54,62)(H2,55,56,64). The summed E-state index contributed by atoms with van der Waals surface area (Å²) in [6, 6.07) is 30.8. The van der Waals surface area contributed by atoms with Gasteiger partial charge in [-0.05, 0) is 103 Å². The molecule has 11 nitrogen and oxygen atoms in total. The van der Waals surface area contributed by atoms with Gasteiger partial charge >= 0.3 is 6.97 Å². The summed E-state index contributed by atoms with van der Waals surface area (Å²) >= 11 is 6.98. The molecule has 0 spiro atoms. The lowest BCUT2D eigenvalue weighted by molar-refractivity contribution is -0.360. The summed E-state index contributed by atoms with van der Waals surface area (Å²) in [6.07, 6.45) is 10.8. The van der Waals surface area contributed by atoms with Gasteiger partial charge in [0.05, 0.1) is 11.0 Å². The maximum absolute atomic E-state index is 16.3. The van der Waals surface area contributed by atoms with E-state index in [1.54, 1.807) is 54.6 Å². The van der Waals surface area contributed by atoms with E-state index in [0.717, 1.165) is 92.2 Å². The summed E-state index contributed by atoms with van der Waals surface area (Å²) in [7, 11) is 0. The van der Waals surface area contributed by atoms with Crippen LogP contribution >= 0.6 is 23.6 Å². The Kier molecular flexibility index (Phi) is 12.9. The van der Waals surface area contributed by atoms with Gasteiger partial charge < -0.3 is 48.6 Å². The van der Waals surface area contributed by atoms with Gasteiger partial charge in [0.2, 0.25) is 0 Å². The SMILES string of the molecule is CCCCc1nc2c(N)nc3ccccc3c2n1Cc1ccc(CNC(=S)NCCCCCNC(=O)COc2ccc(C3=[N+]4C(=Cc5ccc(-c6cccs6)n5[B-]4(F)F)C=C3)cc2)cc1. The summed E-state index contributed by atoms with van der Waals surface area (Å²) in [5.41, 5.74) is 13.8. The second-order valence-corrected chi connectivity index (χ2v) is 17.7. The lowest BCUT2D eigenvalue weighted by Crippen LogP contribution is -2.50. The molecule has 0 radical (unpaired) electrons. The number of aryl methyl sites for hydroxylation is 1. The number of nitrogens with one attached hydrogen (secondary N) is 3. The van der Waals surface area contributed by atoms with Crippen molar-refractivity contribution in [3.63, 3.8) is 0 Å². The second-order valence-electron chi connectivity index (χ2n) is 16.3. The molecule has 2 aliphatic rings. The van der Waals surface area contributed by atoms with Crippen molar-refractivity contribution in [3.05, 3.63) is 148 Å². The monoisotopic (exact) mass is 909 g/mol. The quantitative estimate of drug-likeness (QED) is 0.0382. The number of carbonyl (C=O) groups is 1. The van der Waals surface area contributed by atoms with Crippen LogP contribution in [0, 0.1) is 0 Å². The zero-order valence-electron chi connectivity index (χ0n) is 36.1. The van der Waals surface area contributed by atoms with Crippen LogP contribution in [0.3, 0.4) is 0 Å². The molecule has 3 aromatic carbocycles. The molecule has 7 aromatic rings. The van der Waals surface area contributed by atoms with Gasteiger partial charge in [0.25, 0.3) is 5.91 Å². The fraction of sp³-hybridized carbons (Fsp3) is 0.245. The first-order valence-electron chi connectivity index (χ1n) is 22.1. The second kappa shape index (κ2) is 19.2. The summed E-state index contributed by atoms with van der Waals surface area (Å²) in [6.45, 7) is 0.432. The van der Waals surface area contributed by atoms with Crippen molar-refractivity contribution in [2.24, 2.45) is 0 Å². The minimum atomic E-state index is -4.15. The highest BCUT2D eigenvalue weighted by molar-refractivity contribution is 7.80. The number of hydrogen-bond donors (Lipinski definition) is 4. The number of nitrogens with zero attached hydrogens (tertiary/aromatic N) is 5. The molecular weight excluding hydrogens is 860 g/mol. The molecule has 0 saturated heterocycles. The number of rotatable bonds is 18. The van der Waals surface area contributed by atoms with E-state index in [0.29, 0.717) is 64.7 Å².